The summed E-state index contributed by atoms with van der Waals surface area (Å²) in [6, 6.07) is 6.09. The first-order chi connectivity index (χ1) is 22.3. The molecule has 47 heavy (non-hydrogen) atoms. The van der Waals surface area contributed by atoms with E-state index in [4.69, 9.17) is 19.1 Å². The predicted molar refractivity (Wildman–Crippen MR) is 159 cm³/mol. The summed E-state index contributed by atoms with van der Waals surface area (Å²) < 4.78 is 64.6. The minimum atomic E-state index is -5.07. The summed E-state index contributed by atoms with van der Waals surface area (Å²) in [5.41, 5.74) is -1.76. The van der Waals surface area contributed by atoms with Gasteiger partial charge in [0.05, 0.1) is 41.6 Å². The van der Waals surface area contributed by atoms with Crippen molar-refractivity contribution in [2.45, 2.75) is 43.4 Å². The molecule has 3 aliphatic rings. The first-order valence-electron chi connectivity index (χ1n) is 14.6. The van der Waals surface area contributed by atoms with E-state index in [0.717, 1.165) is 29.9 Å². The van der Waals surface area contributed by atoms with Crippen molar-refractivity contribution in [1.29, 1.82) is 0 Å². The number of ether oxygens (including phenoxy) is 3. The lowest BCUT2D eigenvalue weighted by Crippen LogP contribution is -2.49. The summed E-state index contributed by atoms with van der Waals surface area (Å²) in [7, 11) is -5.07. The molecule has 1 aliphatic carbocycles. The minimum Gasteiger partial charge on any atom is -0.487 e. The number of carboxylic acid groups (broad SMARTS) is 1. The molecular weight excluding hydrogens is 651 g/mol. The Kier molecular flexibility index (Phi) is 8.61. The number of halogens is 2. The average Bonchev–Trinajstić information content (AvgIpc) is 3.78. The SMILES string of the molecule is O=C(O)Oc1cn(C2CC2)c2cc(N3CCC(COc4ccc(N5C[C@H](CO)OC5=O)cc4F)(OP(=O)(O)O)CC3)c(F)cc2c1=O. The molecule has 0 bridgehead atoms. The highest BCUT2D eigenvalue weighted by molar-refractivity contribution is 7.46. The molecule has 2 aliphatic heterocycles. The summed E-state index contributed by atoms with van der Waals surface area (Å²) in [4.78, 5) is 58.2. The van der Waals surface area contributed by atoms with Crippen molar-refractivity contribution in [2.75, 3.05) is 42.6 Å². The number of amides is 1. The van der Waals surface area contributed by atoms with Gasteiger partial charge in [-0.05, 0) is 49.9 Å². The number of carbonyl (C=O) groups is 2. The van der Waals surface area contributed by atoms with E-state index in [1.807, 2.05) is 0 Å². The molecule has 2 saturated heterocycles. The van der Waals surface area contributed by atoms with Crippen LogP contribution in [0, 0.1) is 11.6 Å². The fourth-order valence-electron chi connectivity index (χ4n) is 5.88. The van der Waals surface area contributed by atoms with Crippen LogP contribution in [0.15, 0.2) is 41.3 Å². The van der Waals surface area contributed by atoms with Gasteiger partial charge < -0.3 is 43.7 Å². The highest BCUT2D eigenvalue weighted by Crippen LogP contribution is 2.46. The van der Waals surface area contributed by atoms with Crippen molar-refractivity contribution in [2.24, 2.45) is 0 Å². The molecule has 1 saturated carbocycles. The zero-order chi connectivity index (χ0) is 33.7. The third-order valence-corrected chi connectivity index (χ3v) is 8.95. The molecule has 4 N–H and O–H groups in total. The third kappa shape index (κ3) is 6.89. The summed E-state index contributed by atoms with van der Waals surface area (Å²) in [5.74, 6) is -2.37. The molecule has 3 heterocycles. The number of aliphatic hydroxyl groups is 1. The van der Waals surface area contributed by atoms with Crippen LogP contribution >= 0.6 is 7.82 Å². The maximum Gasteiger partial charge on any atom is 0.511 e. The van der Waals surface area contributed by atoms with Gasteiger partial charge in [0.1, 0.15) is 24.1 Å². The van der Waals surface area contributed by atoms with E-state index in [0.29, 0.717) is 5.52 Å². The Morgan fingerprint density at radius 3 is 2.38 bits per heavy atom. The summed E-state index contributed by atoms with van der Waals surface area (Å²) in [6.45, 7) is -0.797. The number of hydrogen-bond acceptors (Lipinski definition) is 10. The van der Waals surface area contributed by atoms with Gasteiger partial charge in [-0.15, -0.1) is 0 Å². The van der Waals surface area contributed by atoms with Crippen LogP contribution in [0.25, 0.3) is 10.9 Å². The quantitative estimate of drug-likeness (QED) is 0.179. The van der Waals surface area contributed by atoms with Crippen LogP contribution in [-0.4, -0.2) is 81.4 Å². The average molecular weight is 682 g/mol. The van der Waals surface area contributed by atoms with E-state index in [9.17, 15) is 33.8 Å². The standard InChI is InChI=1S/C29H30F2N3O12P/c30-20-10-19-22(33(16-1-2-16)13-25(26(19)36)45-28(38)39)11-23(20)32-7-5-29(6-8-32,46-47(40,41)42)15-43-24-4-3-17(9-21(24)31)34-12-18(14-35)44-27(34)37/h3-4,9-11,13,16,18,35H,1-2,5-8,12,14-15H2,(H,38,39)(H2,40,41,42)/t18-/m1/s1. The Bertz CT molecular complexity index is 1840. The maximum atomic E-state index is 15.5. The van der Waals surface area contributed by atoms with Crippen LogP contribution in [0.4, 0.5) is 29.7 Å². The van der Waals surface area contributed by atoms with Gasteiger partial charge in [-0.1, -0.05) is 0 Å². The van der Waals surface area contributed by atoms with Crippen molar-refractivity contribution in [3.63, 3.8) is 0 Å². The number of carbonyl (C=O) groups excluding carboxylic acids is 1. The van der Waals surface area contributed by atoms with E-state index in [-0.39, 0.29) is 61.0 Å². The van der Waals surface area contributed by atoms with Gasteiger partial charge in [0.15, 0.2) is 17.3 Å². The first kappa shape index (κ1) is 32.7. The summed E-state index contributed by atoms with van der Waals surface area (Å²) in [6.07, 6.45) is -0.509. The number of pyridine rings is 1. The van der Waals surface area contributed by atoms with Gasteiger partial charge in [0.2, 0.25) is 5.43 Å². The van der Waals surface area contributed by atoms with E-state index < -0.39 is 67.8 Å². The molecule has 3 fully saturated rings. The van der Waals surface area contributed by atoms with E-state index in [2.05, 4.69) is 4.74 Å². The van der Waals surface area contributed by atoms with Crippen molar-refractivity contribution < 1.29 is 61.7 Å². The van der Waals surface area contributed by atoms with Gasteiger partial charge in [0, 0.05) is 25.2 Å². The number of hydrogen-bond donors (Lipinski definition) is 4. The molecular formula is C29H30F2N3O12P. The Morgan fingerprint density at radius 2 is 1.79 bits per heavy atom. The number of nitrogens with zero attached hydrogens (tertiary/aromatic N) is 3. The van der Waals surface area contributed by atoms with Gasteiger partial charge >= 0.3 is 20.1 Å². The van der Waals surface area contributed by atoms with Crippen LogP contribution in [-0.2, 0) is 13.8 Å². The number of aliphatic hydroxyl groups excluding tert-OH is 1. The molecule has 1 aromatic heterocycles. The molecule has 0 unspecified atom stereocenters. The number of anilines is 2. The smallest absolute Gasteiger partial charge is 0.487 e. The van der Waals surface area contributed by atoms with Gasteiger partial charge in [-0.25, -0.2) is 22.9 Å². The summed E-state index contributed by atoms with van der Waals surface area (Å²) >= 11 is 0. The second-order valence-corrected chi connectivity index (χ2v) is 12.8. The Labute approximate surface area is 264 Å². The van der Waals surface area contributed by atoms with Crippen molar-refractivity contribution in [3.8, 4) is 11.5 Å². The summed E-state index contributed by atoms with van der Waals surface area (Å²) in [5, 5.41) is 18.2. The molecule has 18 heteroatoms. The number of benzene rings is 2. The number of phosphoric acid groups is 1. The van der Waals surface area contributed by atoms with Crippen LogP contribution in [0.2, 0.25) is 0 Å². The molecule has 1 atom stereocenters. The fraction of sp³-hybridized carbons (Fsp3) is 0.414. The third-order valence-electron chi connectivity index (χ3n) is 8.33. The fourth-order valence-corrected chi connectivity index (χ4v) is 6.62. The Morgan fingerprint density at radius 1 is 1.06 bits per heavy atom. The Hall–Kier alpha value is -4.28. The van der Waals surface area contributed by atoms with Crippen LogP contribution in [0.5, 0.6) is 11.5 Å². The van der Waals surface area contributed by atoms with Gasteiger partial charge in [-0.2, -0.15) is 0 Å². The lowest BCUT2D eigenvalue weighted by Gasteiger charge is -2.42. The number of cyclic esters (lactones) is 1. The van der Waals surface area contributed by atoms with Crippen molar-refractivity contribution >= 4 is 42.3 Å². The predicted octanol–water partition coefficient (Wildman–Crippen LogP) is 3.52. The lowest BCUT2D eigenvalue weighted by atomic mass is 9.92. The number of phosphoric ester groups is 1. The molecule has 1 amide bonds. The number of rotatable bonds is 10. The van der Waals surface area contributed by atoms with Crippen molar-refractivity contribution in [3.05, 3.63) is 58.4 Å². The van der Waals surface area contributed by atoms with Gasteiger partial charge in [0.25, 0.3) is 0 Å². The molecule has 15 nitrogen and oxygen atoms in total. The minimum absolute atomic E-state index is 0.0152. The molecule has 3 aromatic rings. The van der Waals surface area contributed by atoms with E-state index >= 15 is 8.78 Å². The molecule has 2 aromatic carbocycles. The van der Waals surface area contributed by atoms with Crippen LogP contribution < -0.4 is 24.7 Å². The molecule has 0 radical (unpaired) electrons. The van der Waals surface area contributed by atoms with Crippen LogP contribution in [0.1, 0.15) is 31.7 Å². The zero-order valence-electron chi connectivity index (χ0n) is 24.6. The first-order valence-corrected chi connectivity index (χ1v) is 16.1. The van der Waals surface area contributed by atoms with Crippen molar-refractivity contribution in [1.82, 2.24) is 4.57 Å². The van der Waals surface area contributed by atoms with Gasteiger partial charge in [-0.3, -0.25) is 14.2 Å². The Balaban J connectivity index is 1.21. The zero-order valence-corrected chi connectivity index (χ0v) is 25.5. The molecule has 252 valence electrons. The topological polar surface area (TPSA) is 198 Å². The molecule has 6 rings (SSSR count). The second-order valence-electron chi connectivity index (χ2n) is 11.6. The number of fused-ring (bicyclic) bond motifs is 1. The molecule has 0 spiro atoms. The number of piperidine rings is 1. The monoisotopic (exact) mass is 681 g/mol. The second kappa shape index (κ2) is 12.4. The van der Waals surface area contributed by atoms with Crippen LogP contribution in [0.3, 0.4) is 0 Å². The largest absolute Gasteiger partial charge is 0.511 e. The van der Waals surface area contributed by atoms with E-state index in [1.54, 1.807) is 9.47 Å². The highest BCUT2D eigenvalue weighted by Gasteiger charge is 2.43. The lowest BCUT2D eigenvalue weighted by molar-refractivity contribution is -0.0232. The number of aromatic nitrogens is 1. The maximum absolute atomic E-state index is 15.5. The normalized spacial score (nSPS) is 19.6. The van der Waals surface area contributed by atoms with E-state index in [1.165, 1.54) is 24.4 Å². The highest BCUT2D eigenvalue weighted by atomic mass is 31.2.